The Hall–Kier alpha value is -2.15. The lowest BCUT2D eigenvalue weighted by atomic mass is 10.1. The van der Waals surface area contributed by atoms with Crippen LogP contribution in [-0.2, 0) is 0 Å². The van der Waals surface area contributed by atoms with Gasteiger partial charge in [-0.25, -0.2) is 0 Å². The van der Waals surface area contributed by atoms with E-state index in [1.165, 1.54) is 23.1 Å². The van der Waals surface area contributed by atoms with Crippen LogP contribution in [0.5, 0.6) is 0 Å². The molecule has 0 saturated carbocycles. The Labute approximate surface area is 109 Å². The second-order valence-electron chi connectivity index (χ2n) is 4.47. The number of para-hydroxylation sites is 1. The van der Waals surface area contributed by atoms with Crippen LogP contribution in [0.3, 0.4) is 0 Å². The van der Waals surface area contributed by atoms with E-state index in [1.807, 2.05) is 0 Å². The number of aliphatic hydroxyl groups is 1. The maximum Gasteiger partial charge on any atom is 0.292 e. The number of nitrogens with two attached hydrogens (primary N) is 1. The fourth-order valence-electron chi connectivity index (χ4n) is 2.35. The van der Waals surface area contributed by atoms with Crippen LogP contribution in [-0.4, -0.2) is 40.0 Å². The number of nitrogen functional groups attached to an aromatic ring is 1. The quantitative estimate of drug-likeness (QED) is 0.476. The van der Waals surface area contributed by atoms with Crippen molar-refractivity contribution in [1.82, 2.24) is 4.90 Å². The van der Waals surface area contributed by atoms with Gasteiger partial charge in [-0.2, -0.15) is 0 Å². The summed E-state index contributed by atoms with van der Waals surface area (Å²) in [7, 11) is 0. The molecule has 102 valence electrons. The van der Waals surface area contributed by atoms with Gasteiger partial charge >= 0.3 is 0 Å². The van der Waals surface area contributed by atoms with Crippen molar-refractivity contribution < 1.29 is 14.8 Å². The molecule has 7 heteroatoms. The number of amides is 1. The van der Waals surface area contributed by atoms with Gasteiger partial charge in [0.05, 0.1) is 23.1 Å². The van der Waals surface area contributed by atoms with Crippen LogP contribution < -0.4 is 5.73 Å². The molecule has 19 heavy (non-hydrogen) atoms. The number of carbonyl (C=O) groups excluding carboxylic acids is 1. The first-order valence-corrected chi connectivity index (χ1v) is 6.01. The molecule has 7 nitrogen and oxygen atoms in total. The molecule has 1 aliphatic heterocycles. The fraction of sp³-hybridized carbons (Fsp3) is 0.417. The molecule has 1 fully saturated rings. The molecule has 0 unspecified atom stereocenters. The summed E-state index contributed by atoms with van der Waals surface area (Å²) < 4.78 is 0. The summed E-state index contributed by atoms with van der Waals surface area (Å²) in [5.74, 6) is -0.363. The van der Waals surface area contributed by atoms with E-state index in [4.69, 9.17) is 5.73 Å². The maximum absolute atomic E-state index is 12.3. The number of nitro benzene ring substituents is 1. The number of anilines is 1. The van der Waals surface area contributed by atoms with Crippen molar-refractivity contribution in [3.63, 3.8) is 0 Å². The zero-order chi connectivity index (χ0) is 14.0. The molecule has 0 spiro atoms. The van der Waals surface area contributed by atoms with Crippen LogP contribution in [0.2, 0.25) is 0 Å². The monoisotopic (exact) mass is 265 g/mol. The fourth-order valence-corrected chi connectivity index (χ4v) is 2.35. The molecule has 0 bridgehead atoms. The number of hydrogen-bond donors (Lipinski definition) is 2. The number of carbonyl (C=O) groups is 1. The summed E-state index contributed by atoms with van der Waals surface area (Å²) in [6.45, 7) is 0.423. The molecular weight excluding hydrogens is 250 g/mol. The van der Waals surface area contributed by atoms with Gasteiger partial charge in [-0.05, 0) is 18.9 Å². The van der Waals surface area contributed by atoms with Gasteiger partial charge in [0.2, 0.25) is 0 Å². The topological polar surface area (TPSA) is 110 Å². The Morgan fingerprint density at radius 2 is 2.32 bits per heavy atom. The standard InChI is InChI=1S/C12H15N3O4/c13-11-9(4-1-5-10(11)15(18)19)12(17)14-6-2-3-8(14)7-16/h1,4-5,8,16H,2-3,6-7,13H2/t8-/m1/s1. The molecular formula is C12H15N3O4. The highest BCUT2D eigenvalue weighted by Gasteiger charge is 2.31. The highest BCUT2D eigenvalue weighted by molar-refractivity contribution is 6.01. The van der Waals surface area contributed by atoms with E-state index in [1.54, 1.807) is 0 Å². The minimum Gasteiger partial charge on any atom is -0.394 e. The minimum atomic E-state index is -0.611. The lowest BCUT2D eigenvalue weighted by Crippen LogP contribution is -2.38. The van der Waals surface area contributed by atoms with Crippen molar-refractivity contribution in [3.8, 4) is 0 Å². The van der Waals surface area contributed by atoms with Crippen molar-refractivity contribution >= 4 is 17.3 Å². The van der Waals surface area contributed by atoms with Gasteiger partial charge < -0.3 is 15.7 Å². The second kappa shape index (κ2) is 5.23. The van der Waals surface area contributed by atoms with Crippen molar-refractivity contribution in [2.45, 2.75) is 18.9 Å². The average molecular weight is 265 g/mol. The Morgan fingerprint density at radius 1 is 1.58 bits per heavy atom. The molecule has 1 aromatic carbocycles. The summed E-state index contributed by atoms with van der Waals surface area (Å²) in [6, 6.07) is 3.94. The number of nitrogens with zero attached hydrogens (tertiary/aromatic N) is 2. The second-order valence-corrected chi connectivity index (χ2v) is 4.47. The first-order chi connectivity index (χ1) is 9.06. The number of nitro groups is 1. The summed E-state index contributed by atoms with van der Waals surface area (Å²) in [4.78, 5) is 24.0. The molecule has 1 aliphatic rings. The molecule has 1 heterocycles. The zero-order valence-electron chi connectivity index (χ0n) is 10.3. The highest BCUT2D eigenvalue weighted by Crippen LogP contribution is 2.28. The molecule has 0 aromatic heterocycles. The van der Waals surface area contributed by atoms with Crippen LogP contribution in [0.25, 0.3) is 0 Å². The van der Waals surface area contributed by atoms with Gasteiger partial charge in [-0.1, -0.05) is 6.07 Å². The van der Waals surface area contributed by atoms with E-state index in [0.717, 1.165) is 12.8 Å². The van der Waals surface area contributed by atoms with E-state index in [-0.39, 0.29) is 35.5 Å². The average Bonchev–Trinajstić information content (AvgIpc) is 2.86. The molecule has 1 saturated heterocycles. The summed E-state index contributed by atoms with van der Waals surface area (Å²) >= 11 is 0. The molecule has 2 rings (SSSR count). The predicted octanol–water partition coefficient (Wildman–Crippen LogP) is 0.774. The van der Waals surface area contributed by atoms with Crippen LogP contribution >= 0.6 is 0 Å². The normalized spacial score (nSPS) is 18.6. The van der Waals surface area contributed by atoms with Crippen LogP contribution in [0.1, 0.15) is 23.2 Å². The maximum atomic E-state index is 12.3. The SMILES string of the molecule is Nc1c(C(=O)N2CCC[C@@H]2CO)cccc1[N+](=O)[O-]. The third kappa shape index (κ3) is 2.37. The first kappa shape index (κ1) is 13.3. The van der Waals surface area contributed by atoms with Crippen molar-refractivity contribution in [1.29, 1.82) is 0 Å². The number of aliphatic hydroxyl groups excluding tert-OH is 1. The van der Waals surface area contributed by atoms with Gasteiger partial charge in [0.1, 0.15) is 5.69 Å². The van der Waals surface area contributed by atoms with Gasteiger partial charge in [0.25, 0.3) is 11.6 Å². The van der Waals surface area contributed by atoms with Crippen LogP contribution in [0.4, 0.5) is 11.4 Å². The van der Waals surface area contributed by atoms with Gasteiger partial charge in [0.15, 0.2) is 0 Å². The van der Waals surface area contributed by atoms with Gasteiger partial charge in [-0.3, -0.25) is 14.9 Å². The summed E-state index contributed by atoms with van der Waals surface area (Å²) in [5, 5.41) is 20.0. The Balaban J connectivity index is 2.34. The van der Waals surface area contributed by atoms with Gasteiger partial charge in [0, 0.05) is 12.6 Å². The molecule has 1 amide bonds. The van der Waals surface area contributed by atoms with Gasteiger partial charge in [-0.15, -0.1) is 0 Å². The number of likely N-dealkylation sites (tertiary alicyclic amines) is 1. The number of rotatable bonds is 3. The Kier molecular flexibility index (Phi) is 3.66. The molecule has 3 N–H and O–H groups in total. The molecule has 1 atom stereocenters. The lowest BCUT2D eigenvalue weighted by molar-refractivity contribution is -0.383. The zero-order valence-corrected chi connectivity index (χ0v) is 10.3. The van der Waals surface area contributed by atoms with Crippen molar-refractivity contribution in [3.05, 3.63) is 33.9 Å². The third-order valence-electron chi connectivity index (χ3n) is 3.36. The molecule has 1 aromatic rings. The molecule has 0 aliphatic carbocycles. The van der Waals surface area contributed by atoms with Crippen molar-refractivity contribution in [2.75, 3.05) is 18.9 Å². The van der Waals surface area contributed by atoms with E-state index < -0.39 is 4.92 Å². The van der Waals surface area contributed by atoms with E-state index in [2.05, 4.69) is 0 Å². The largest absolute Gasteiger partial charge is 0.394 e. The Bertz CT molecular complexity index is 518. The van der Waals surface area contributed by atoms with Crippen molar-refractivity contribution in [2.24, 2.45) is 0 Å². The smallest absolute Gasteiger partial charge is 0.292 e. The van der Waals surface area contributed by atoms with E-state index >= 15 is 0 Å². The summed E-state index contributed by atoms with van der Waals surface area (Å²) in [5.41, 5.74) is 5.41. The first-order valence-electron chi connectivity index (χ1n) is 6.01. The Morgan fingerprint density at radius 3 is 2.95 bits per heavy atom. The highest BCUT2D eigenvalue weighted by atomic mass is 16.6. The van der Waals surface area contributed by atoms with E-state index in [9.17, 15) is 20.0 Å². The molecule has 0 radical (unpaired) electrons. The predicted molar refractivity (Wildman–Crippen MR) is 68.7 cm³/mol. The van der Waals surface area contributed by atoms with Crippen LogP contribution in [0.15, 0.2) is 18.2 Å². The summed E-state index contributed by atoms with van der Waals surface area (Å²) in [6.07, 6.45) is 1.54. The van der Waals surface area contributed by atoms with Crippen LogP contribution in [0, 0.1) is 10.1 Å². The third-order valence-corrected chi connectivity index (χ3v) is 3.36. The number of benzene rings is 1. The number of hydrogen-bond acceptors (Lipinski definition) is 5. The lowest BCUT2D eigenvalue weighted by Gasteiger charge is -2.23. The minimum absolute atomic E-state index is 0.111. The van der Waals surface area contributed by atoms with E-state index in [0.29, 0.717) is 6.54 Å².